The minimum atomic E-state index is 0.267. The van der Waals surface area contributed by atoms with Gasteiger partial charge in [0.25, 0.3) is 0 Å². The molecule has 0 radical (unpaired) electrons. The first-order valence-corrected chi connectivity index (χ1v) is 7.81. The van der Waals surface area contributed by atoms with Gasteiger partial charge in [-0.05, 0) is 55.1 Å². The van der Waals surface area contributed by atoms with Crippen LogP contribution in [0.5, 0.6) is 17.2 Å². The molecule has 0 saturated carbocycles. The van der Waals surface area contributed by atoms with Crippen molar-refractivity contribution >= 4 is 22.4 Å². The predicted octanol–water partition coefficient (Wildman–Crippen LogP) is 3.98. The molecule has 0 fully saturated rings. The molecule has 1 N–H and O–H groups in total. The smallest absolute Gasteiger partial charge is 0.142 e. The maximum Gasteiger partial charge on any atom is 0.142 e. The molecular weight excluding hydrogens is 284 g/mol. The number of hydrogen-bond acceptors (Lipinski definition) is 2. The van der Waals surface area contributed by atoms with Gasteiger partial charge in [-0.25, -0.2) is 0 Å². The Morgan fingerprint density at radius 1 is 0.957 bits per heavy atom. The van der Waals surface area contributed by atoms with Gasteiger partial charge >= 0.3 is 0 Å². The zero-order valence-electron chi connectivity index (χ0n) is 13.5. The zero-order valence-corrected chi connectivity index (χ0v) is 13.5. The quantitative estimate of drug-likeness (QED) is 0.680. The molecule has 114 valence electrons. The van der Waals surface area contributed by atoms with Gasteiger partial charge in [0, 0.05) is 21.7 Å². The van der Waals surface area contributed by atoms with Crippen molar-refractivity contribution in [3.05, 3.63) is 64.0 Å². The molecule has 1 aliphatic rings. The van der Waals surface area contributed by atoms with Gasteiger partial charge in [0.2, 0.25) is 0 Å². The lowest BCUT2D eigenvalue weighted by Gasteiger charge is -2.22. The van der Waals surface area contributed by atoms with E-state index in [0.29, 0.717) is 0 Å². The normalized spacial score (nSPS) is 13.7. The average molecular weight is 302 g/mol. The first-order chi connectivity index (χ1) is 11.1. The van der Waals surface area contributed by atoms with E-state index in [2.05, 4.69) is 43.3 Å². The van der Waals surface area contributed by atoms with Crippen LogP contribution < -0.4 is 15.2 Å². The largest absolute Gasteiger partial charge is 0.508 e. The van der Waals surface area contributed by atoms with Crippen molar-refractivity contribution in [2.24, 2.45) is 0 Å². The number of ether oxygens (including phenoxy) is 1. The Hall–Kier alpha value is -2.74. The van der Waals surface area contributed by atoms with E-state index in [-0.39, 0.29) is 5.75 Å². The monoisotopic (exact) mass is 302 g/mol. The van der Waals surface area contributed by atoms with Gasteiger partial charge in [0.05, 0.1) is 0 Å². The van der Waals surface area contributed by atoms with Crippen molar-refractivity contribution in [3.8, 4) is 17.2 Å². The van der Waals surface area contributed by atoms with Crippen LogP contribution in [0.25, 0.3) is 22.4 Å². The first kappa shape index (κ1) is 13.9. The van der Waals surface area contributed by atoms with Crippen molar-refractivity contribution in [2.45, 2.75) is 20.8 Å². The van der Waals surface area contributed by atoms with Crippen LogP contribution in [0, 0.1) is 6.92 Å². The second-order valence-electron chi connectivity index (χ2n) is 6.02. The molecule has 0 bridgehead atoms. The zero-order chi connectivity index (χ0) is 16.1. The average Bonchev–Trinajstić information content (AvgIpc) is 2.58. The van der Waals surface area contributed by atoms with E-state index in [1.54, 1.807) is 6.07 Å². The lowest BCUT2D eigenvalue weighted by molar-refractivity contribution is 0.445. The van der Waals surface area contributed by atoms with Gasteiger partial charge < -0.3 is 9.84 Å². The number of rotatable bonds is 0. The molecule has 0 saturated heterocycles. The van der Waals surface area contributed by atoms with Crippen LogP contribution in [-0.4, -0.2) is 5.11 Å². The Bertz CT molecular complexity index is 1080. The van der Waals surface area contributed by atoms with Gasteiger partial charge in [-0.1, -0.05) is 30.3 Å². The number of hydrogen-bond donors (Lipinski definition) is 1. The van der Waals surface area contributed by atoms with Crippen LogP contribution in [0.15, 0.2) is 42.5 Å². The summed E-state index contributed by atoms with van der Waals surface area (Å²) in [6.45, 7) is 6.04. The summed E-state index contributed by atoms with van der Waals surface area (Å²) in [7, 11) is 0. The molecule has 2 heteroatoms. The Balaban J connectivity index is 2.12. The van der Waals surface area contributed by atoms with Gasteiger partial charge in [-0.15, -0.1) is 0 Å². The third-order valence-corrected chi connectivity index (χ3v) is 4.72. The molecule has 1 aliphatic heterocycles. The molecule has 1 heterocycles. The molecule has 0 aromatic heterocycles. The van der Waals surface area contributed by atoms with Crippen molar-refractivity contribution in [1.29, 1.82) is 0 Å². The van der Waals surface area contributed by atoms with E-state index in [1.165, 1.54) is 10.8 Å². The highest BCUT2D eigenvalue weighted by atomic mass is 16.5. The fourth-order valence-electron chi connectivity index (χ4n) is 3.26. The molecule has 3 aromatic rings. The molecule has 0 unspecified atom stereocenters. The van der Waals surface area contributed by atoms with Crippen molar-refractivity contribution in [1.82, 2.24) is 0 Å². The summed E-state index contributed by atoms with van der Waals surface area (Å²) in [4.78, 5) is 0. The molecule has 4 rings (SSSR count). The summed E-state index contributed by atoms with van der Waals surface area (Å²) in [5.41, 5.74) is 3.01. The van der Waals surface area contributed by atoms with Crippen LogP contribution >= 0.6 is 0 Å². The second kappa shape index (κ2) is 4.88. The first-order valence-electron chi connectivity index (χ1n) is 7.81. The SMILES string of the molecule is C/C=c1\ccc2c3c(ccc2c1)=C(C)c1ccc(O)c(C)c1O3. The summed E-state index contributed by atoms with van der Waals surface area (Å²) < 4.78 is 6.26. The minimum Gasteiger partial charge on any atom is -0.508 e. The maximum absolute atomic E-state index is 10.00. The Morgan fingerprint density at radius 3 is 2.57 bits per heavy atom. The second-order valence-corrected chi connectivity index (χ2v) is 6.02. The molecular formula is C21H18O2. The van der Waals surface area contributed by atoms with E-state index < -0.39 is 0 Å². The molecule has 0 amide bonds. The lowest BCUT2D eigenvalue weighted by atomic mass is 9.95. The highest BCUT2D eigenvalue weighted by Gasteiger charge is 2.21. The van der Waals surface area contributed by atoms with Gasteiger partial charge in [-0.2, -0.15) is 0 Å². The highest BCUT2D eigenvalue weighted by Crippen LogP contribution is 2.40. The van der Waals surface area contributed by atoms with Crippen LogP contribution in [0.4, 0.5) is 0 Å². The topological polar surface area (TPSA) is 29.5 Å². The van der Waals surface area contributed by atoms with E-state index in [9.17, 15) is 5.11 Å². The molecule has 0 spiro atoms. The summed E-state index contributed by atoms with van der Waals surface area (Å²) in [6.07, 6.45) is 2.09. The standard InChI is InChI=1S/C21H18O2/c1-4-14-5-7-18-15(11-14)6-8-17-12(2)16-9-10-19(22)13(3)20(16)23-21(17)18/h4-11,22H,1-3H3/b14-4+. The molecule has 2 nitrogen and oxygen atoms in total. The third-order valence-electron chi connectivity index (χ3n) is 4.72. The van der Waals surface area contributed by atoms with Crippen LogP contribution in [0.3, 0.4) is 0 Å². The van der Waals surface area contributed by atoms with Gasteiger partial charge in [0.15, 0.2) is 0 Å². The maximum atomic E-state index is 10.00. The van der Waals surface area contributed by atoms with Gasteiger partial charge in [0.1, 0.15) is 17.2 Å². The van der Waals surface area contributed by atoms with Crippen LogP contribution in [-0.2, 0) is 0 Å². The number of phenols is 1. The van der Waals surface area contributed by atoms with E-state index in [1.807, 2.05) is 19.9 Å². The summed E-state index contributed by atoms with van der Waals surface area (Å²) in [6, 6.07) is 14.3. The third kappa shape index (κ3) is 1.95. The van der Waals surface area contributed by atoms with Crippen molar-refractivity contribution in [2.75, 3.05) is 0 Å². The summed E-state index contributed by atoms with van der Waals surface area (Å²) in [5, 5.41) is 14.6. The number of fused-ring (bicyclic) bond motifs is 4. The minimum absolute atomic E-state index is 0.267. The van der Waals surface area contributed by atoms with Crippen molar-refractivity contribution < 1.29 is 9.84 Å². The van der Waals surface area contributed by atoms with Crippen LogP contribution in [0.1, 0.15) is 25.0 Å². The number of aromatic hydroxyl groups is 1. The fourth-order valence-corrected chi connectivity index (χ4v) is 3.26. The Morgan fingerprint density at radius 2 is 1.78 bits per heavy atom. The van der Waals surface area contributed by atoms with Crippen LogP contribution in [0.2, 0.25) is 0 Å². The van der Waals surface area contributed by atoms with Crippen molar-refractivity contribution in [3.63, 3.8) is 0 Å². The van der Waals surface area contributed by atoms with Gasteiger partial charge in [-0.3, -0.25) is 0 Å². The Labute approximate surface area is 135 Å². The number of benzene rings is 3. The molecule has 0 atom stereocenters. The highest BCUT2D eigenvalue weighted by molar-refractivity contribution is 5.92. The summed E-state index contributed by atoms with van der Waals surface area (Å²) in [5.74, 6) is 1.90. The lowest BCUT2D eigenvalue weighted by Crippen LogP contribution is -2.16. The van der Waals surface area contributed by atoms with E-state index >= 15 is 0 Å². The van der Waals surface area contributed by atoms with E-state index in [4.69, 9.17) is 4.74 Å². The molecule has 3 aromatic carbocycles. The Kier molecular flexibility index (Phi) is 2.95. The predicted molar refractivity (Wildman–Crippen MR) is 94.4 cm³/mol. The fraction of sp³-hybridized carbons (Fsp3) is 0.143. The molecule has 23 heavy (non-hydrogen) atoms. The van der Waals surface area contributed by atoms with E-state index in [0.717, 1.165) is 38.6 Å². The molecule has 0 aliphatic carbocycles. The summed E-state index contributed by atoms with van der Waals surface area (Å²) >= 11 is 0. The number of phenolic OH excluding ortho intramolecular Hbond substituents is 1.